The molecule has 0 spiro atoms. The molecule has 0 saturated carbocycles. The molecule has 1 saturated heterocycles. The van der Waals surface area contributed by atoms with Crippen LogP contribution in [-0.4, -0.2) is 46.2 Å². The molecule has 1 rings (SSSR count). The summed E-state index contributed by atoms with van der Waals surface area (Å²) in [7, 11) is 0. The zero-order valence-electron chi connectivity index (χ0n) is 10.5. The molecule has 0 bridgehead atoms. The smallest absolute Gasteiger partial charge is 0.318 e. The number of rotatable bonds is 4. The quantitative estimate of drug-likeness (QED) is 0.718. The molecule has 1 heterocycles. The van der Waals surface area contributed by atoms with Crippen LogP contribution in [0.15, 0.2) is 0 Å². The Hall–Kier alpha value is -1.10. The van der Waals surface area contributed by atoms with Crippen LogP contribution in [0.2, 0.25) is 0 Å². The maximum absolute atomic E-state index is 12.2. The Kier molecular flexibility index (Phi) is 4.51. The van der Waals surface area contributed by atoms with Crippen LogP contribution >= 0.6 is 0 Å². The van der Waals surface area contributed by atoms with Crippen molar-refractivity contribution in [1.82, 2.24) is 4.90 Å². The van der Waals surface area contributed by atoms with Gasteiger partial charge in [0.1, 0.15) is 5.41 Å². The number of carboxylic acids is 1. The second kappa shape index (κ2) is 5.49. The highest BCUT2D eigenvalue weighted by Crippen LogP contribution is 2.26. The predicted octanol–water partition coefficient (Wildman–Crippen LogP) is 0.861. The first-order chi connectivity index (χ1) is 7.91. The van der Waals surface area contributed by atoms with Crippen LogP contribution < -0.4 is 0 Å². The largest absolute Gasteiger partial charge is 0.480 e. The van der Waals surface area contributed by atoms with E-state index in [-0.39, 0.29) is 18.6 Å². The molecule has 0 aromatic rings. The molecule has 1 amide bonds. The van der Waals surface area contributed by atoms with E-state index in [9.17, 15) is 9.59 Å². The van der Waals surface area contributed by atoms with Crippen LogP contribution in [0, 0.1) is 5.41 Å². The molecule has 0 aliphatic carbocycles. The third-order valence-corrected chi connectivity index (χ3v) is 3.42. The number of likely N-dealkylation sites (tertiary alicyclic amines) is 1. The maximum atomic E-state index is 12.2. The van der Waals surface area contributed by atoms with Gasteiger partial charge in [-0.25, -0.2) is 0 Å². The number of hydrogen-bond donors (Lipinski definition) is 2. The molecule has 0 radical (unpaired) electrons. The summed E-state index contributed by atoms with van der Waals surface area (Å²) < 4.78 is 0. The number of carbonyl (C=O) groups is 2. The summed E-state index contributed by atoms with van der Waals surface area (Å²) in [6.45, 7) is 3.49. The van der Waals surface area contributed by atoms with Crippen molar-refractivity contribution in [2.24, 2.45) is 5.41 Å². The average Bonchev–Trinajstić information content (AvgIpc) is 2.29. The Morgan fingerprint density at radius 2 is 2.00 bits per heavy atom. The summed E-state index contributed by atoms with van der Waals surface area (Å²) in [6.07, 6.45) is 3.31. The highest BCUT2D eigenvalue weighted by Gasteiger charge is 2.41. The van der Waals surface area contributed by atoms with Crippen molar-refractivity contribution in [3.05, 3.63) is 0 Å². The summed E-state index contributed by atoms with van der Waals surface area (Å²) >= 11 is 0. The van der Waals surface area contributed by atoms with E-state index in [1.165, 1.54) is 13.8 Å². The lowest BCUT2D eigenvalue weighted by atomic mass is 9.88. The van der Waals surface area contributed by atoms with Gasteiger partial charge >= 0.3 is 5.97 Å². The van der Waals surface area contributed by atoms with E-state index in [0.717, 1.165) is 19.3 Å². The molecular formula is C12H21NO4. The molecule has 1 unspecified atom stereocenters. The number of carbonyl (C=O) groups excluding carboxylic acids is 1. The van der Waals surface area contributed by atoms with Crippen molar-refractivity contribution in [2.45, 2.75) is 45.6 Å². The summed E-state index contributed by atoms with van der Waals surface area (Å²) in [5.74, 6) is -1.45. The average molecular weight is 243 g/mol. The first-order valence-electron chi connectivity index (χ1n) is 6.06. The van der Waals surface area contributed by atoms with Crippen molar-refractivity contribution < 1.29 is 19.8 Å². The van der Waals surface area contributed by atoms with Crippen molar-refractivity contribution >= 4 is 11.9 Å². The van der Waals surface area contributed by atoms with Crippen molar-refractivity contribution in [3.63, 3.8) is 0 Å². The summed E-state index contributed by atoms with van der Waals surface area (Å²) in [4.78, 5) is 24.9. The molecule has 5 nitrogen and oxygen atoms in total. The number of nitrogens with zero attached hydrogens (tertiary/aromatic N) is 1. The third-order valence-electron chi connectivity index (χ3n) is 3.42. The van der Waals surface area contributed by atoms with E-state index in [1.807, 2.05) is 0 Å². The lowest BCUT2D eigenvalue weighted by Crippen LogP contribution is -2.51. The molecule has 17 heavy (non-hydrogen) atoms. The second-order valence-corrected chi connectivity index (χ2v) is 5.09. The third kappa shape index (κ3) is 2.97. The normalized spacial score (nSPS) is 21.4. The van der Waals surface area contributed by atoms with Crippen LogP contribution in [-0.2, 0) is 9.59 Å². The highest BCUT2D eigenvalue weighted by atomic mass is 16.4. The van der Waals surface area contributed by atoms with Gasteiger partial charge in [-0.05, 0) is 39.5 Å². The van der Waals surface area contributed by atoms with Gasteiger partial charge in [0.05, 0.1) is 0 Å². The molecule has 1 aliphatic heterocycles. The number of aliphatic carboxylic acids is 1. The number of carboxylic acid groups (broad SMARTS) is 1. The van der Waals surface area contributed by atoms with E-state index in [4.69, 9.17) is 10.2 Å². The van der Waals surface area contributed by atoms with Gasteiger partial charge in [0.15, 0.2) is 0 Å². The standard InChI is InChI=1S/C12H21NO4/c1-12(2,11(16)17)10(15)13-7-4-3-5-9(13)6-8-14/h9,14H,3-8H2,1-2H3,(H,16,17). The number of aliphatic hydroxyl groups is 1. The maximum Gasteiger partial charge on any atom is 0.318 e. The molecule has 0 aromatic carbocycles. The lowest BCUT2D eigenvalue weighted by Gasteiger charge is -2.38. The van der Waals surface area contributed by atoms with E-state index in [0.29, 0.717) is 13.0 Å². The number of piperidine rings is 1. The Balaban J connectivity index is 2.81. The SMILES string of the molecule is CC(C)(C(=O)O)C(=O)N1CCCCC1CCO. The minimum atomic E-state index is -1.38. The number of aliphatic hydroxyl groups excluding tert-OH is 1. The number of amides is 1. The van der Waals surface area contributed by atoms with Gasteiger partial charge in [-0.15, -0.1) is 0 Å². The number of hydrogen-bond acceptors (Lipinski definition) is 3. The van der Waals surface area contributed by atoms with Crippen LogP contribution in [0.5, 0.6) is 0 Å². The molecule has 98 valence electrons. The van der Waals surface area contributed by atoms with E-state index in [2.05, 4.69) is 0 Å². The highest BCUT2D eigenvalue weighted by molar-refractivity contribution is 6.01. The second-order valence-electron chi connectivity index (χ2n) is 5.09. The fraction of sp³-hybridized carbons (Fsp3) is 0.833. The zero-order chi connectivity index (χ0) is 13.1. The van der Waals surface area contributed by atoms with Crippen molar-refractivity contribution in [3.8, 4) is 0 Å². The molecule has 1 aliphatic rings. The van der Waals surface area contributed by atoms with Gasteiger partial charge in [0, 0.05) is 19.2 Å². The molecule has 5 heteroatoms. The van der Waals surface area contributed by atoms with Gasteiger partial charge in [0.25, 0.3) is 0 Å². The minimum Gasteiger partial charge on any atom is -0.480 e. The van der Waals surface area contributed by atoms with E-state index in [1.54, 1.807) is 4.90 Å². The molecular weight excluding hydrogens is 222 g/mol. The van der Waals surface area contributed by atoms with Crippen LogP contribution in [0.3, 0.4) is 0 Å². The van der Waals surface area contributed by atoms with Gasteiger partial charge in [-0.1, -0.05) is 0 Å². The Labute approximate surface area is 101 Å². The topological polar surface area (TPSA) is 77.8 Å². The molecule has 1 fully saturated rings. The van der Waals surface area contributed by atoms with E-state index >= 15 is 0 Å². The molecule has 1 atom stereocenters. The fourth-order valence-electron chi connectivity index (χ4n) is 2.17. The summed E-state index contributed by atoms with van der Waals surface area (Å²) in [5.41, 5.74) is -1.38. The predicted molar refractivity (Wildman–Crippen MR) is 62.5 cm³/mol. The Morgan fingerprint density at radius 1 is 1.35 bits per heavy atom. The van der Waals surface area contributed by atoms with Crippen LogP contribution in [0.4, 0.5) is 0 Å². The first kappa shape index (κ1) is 14.0. The monoisotopic (exact) mass is 243 g/mol. The fourth-order valence-corrected chi connectivity index (χ4v) is 2.17. The molecule has 2 N–H and O–H groups in total. The van der Waals surface area contributed by atoms with Crippen molar-refractivity contribution in [1.29, 1.82) is 0 Å². The van der Waals surface area contributed by atoms with Crippen molar-refractivity contribution in [2.75, 3.05) is 13.2 Å². The first-order valence-corrected chi connectivity index (χ1v) is 6.06. The Morgan fingerprint density at radius 3 is 2.53 bits per heavy atom. The lowest BCUT2D eigenvalue weighted by molar-refractivity contribution is -0.160. The molecule has 0 aromatic heterocycles. The van der Waals surface area contributed by atoms with Gasteiger partial charge in [0.2, 0.25) is 5.91 Å². The van der Waals surface area contributed by atoms with Crippen LogP contribution in [0.1, 0.15) is 39.5 Å². The van der Waals surface area contributed by atoms with Gasteiger partial charge in [-0.2, -0.15) is 0 Å². The summed E-state index contributed by atoms with van der Waals surface area (Å²) in [5, 5.41) is 18.0. The summed E-state index contributed by atoms with van der Waals surface area (Å²) in [6, 6.07) is -0.0140. The Bertz CT molecular complexity index is 299. The van der Waals surface area contributed by atoms with Gasteiger partial charge in [-0.3, -0.25) is 9.59 Å². The van der Waals surface area contributed by atoms with E-state index < -0.39 is 11.4 Å². The van der Waals surface area contributed by atoms with Crippen LogP contribution in [0.25, 0.3) is 0 Å². The zero-order valence-corrected chi connectivity index (χ0v) is 10.5. The minimum absolute atomic E-state index is 0.0140. The van der Waals surface area contributed by atoms with Gasteiger partial charge < -0.3 is 15.1 Å².